The number of ether oxygens (including phenoxy) is 1. The molecule has 0 aromatic heterocycles. The lowest BCUT2D eigenvalue weighted by Gasteiger charge is -2.15. The highest BCUT2D eigenvalue weighted by Gasteiger charge is 2.18. The number of hydrogen-bond donors (Lipinski definition) is 0. The molecule has 0 N–H and O–H groups in total. The summed E-state index contributed by atoms with van der Waals surface area (Å²) in [5.41, 5.74) is 1.46. The summed E-state index contributed by atoms with van der Waals surface area (Å²) in [7, 11) is 1.70. The summed E-state index contributed by atoms with van der Waals surface area (Å²) in [6, 6.07) is 3.33. The molecule has 96 valence electrons. The first kappa shape index (κ1) is 14.3. The molecule has 17 heavy (non-hydrogen) atoms. The summed E-state index contributed by atoms with van der Waals surface area (Å²) >= 11 is 0. The minimum absolute atomic E-state index is 0.159. The Morgan fingerprint density at radius 1 is 1.35 bits per heavy atom. The topological polar surface area (TPSA) is 43.4 Å². The van der Waals surface area contributed by atoms with Gasteiger partial charge in [0, 0.05) is 10.7 Å². The summed E-state index contributed by atoms with van der Waals surface area (Å²) < 4.78 is 28.4. The van der Waals surface area contributed by atoms with Crippen molar-refractivity contribution in [3.8, 4) is 5.75 Å². The SMILES string of the molecule is CCOc1cc(C)c(S(=O)(=O)Cl)cc1C(C)C. The number of halogens is 1. The van der Waals surface area contributed by atoms with Gasteiger partial charge in [0.05, 0.1) is 11.5 Å². The van der Waals surface area contributed by atoms with Crippen molar-refractivity contribution in [3.05, 3.63) is 23.3 Å². The highest BCUT2D eigenvalue weighted by molar-refractivity contribution is 8.13. The monoisotopic (exact) mass is 276 g/mol. The van der Waals surface area contributed by atoms with Gasteiger partial charge in [0.2, 0.25) is 0 Å². The van der Waals surface area contributed by atoms with E-state index >= 15 is 0 Å². The van der Waals surface area contributed by atoms with Gasteiger partial charge in [-0.3, -0.25) is 0 Å². The third-order valence-corrected chi connectivity index (χ3v) is 3.96. The lowest BCUT2D eigenvalue weighted by atomic mass is 10.0. The normalized spacial score (nSPS) is 11.9. The van der Waals surface area contributed by atoms with Crippen LogP contribution in [0.3, 0.4) is 0 Å². The van der Waals surface area contributed by atoms with E-state index in [0.29, 0.717) is 12.2 Å². The average molecular weight is 277 g/mol. The summed E-state index contributed by atoms with van der Waals surface area (Å²) in [6.07, 6.45) is 0. The Balaban J connectivity index is 3.45. The number of aryl methyl sites for hydroxylation is 1. The molecule has 0 atom stereocenters. The fourth-order valence-corrected chi connectivity index (χ4v) is 2.88. The van der Waals surface area contributed by atoms with Crippen LogP contribution in [0.1, 0.15) is 37.8 Å². The van der Waals surface area contributed by atoms with Gasteiger partial charge in [0.25, 0.3) is 9.05 Å². The van der Waals surface area contributed by atoms with Crippen molar-refractivity contribution in [2.24, 2.45) is 0 Å². The fourth-order valence-electron chi connectivity index (χ4n) is 1.67. The van der Waals surface area contributed by atoms with Gasteiger partial charge in [0.15, 0.2) is 0 Å². The van der Waals surface area contributed by atoms with Gasteiger partial charge in [0.1, 0.15) is 5.75 Å². The summed E-state index contributed by atoms with van der Waals surface area (Å²) in [5, 5.41) is 0. The van der Waals surface area contributed by atoms with Crippen molar-refractivity contribution in [1.29, 1.82) is 0 Å². The van der Waals surface area contributed by atoms with Crippen molar-refractivity contribution >= 4 is 19.7 Å². The second-order valence-electron chi connectivity index (χ2n) is 4.18. The number of hydrogen-bond acceptors (Lipinski definition) is 3. The van der Waals surface area contributed by atoms with E-state index in [0.717, 1.165) is 11.3 Å². The molecule has 0 aliphatic heterocycles. The van der Waals surface area contributed by atoms with Gasteiger partial charge in [-0.15, -0.1) is 0 Å². The number of rotatable bonds is 4. The predicted molar refractivity (Wildman–Crippen MR) is 69.5 cm³/mol. The average Bonchev–Trinajstić information content (AvgIpc) is 2.15. The molecule has 0 bridgehead atoms. The third kappa shape index (κ3) is 3.36. The fraction of sp³-hybridized carbons (Fsp3) is 0.500. The molecule has 1 rings (SSSR count). The molecule has 5 heteroatoms. The van der Waals surface area contributed by atoms with Crippen molar-refractivity contribution in [2.75, 3.05) is 6.61 Å². The van der Waals surface area contributed by atoms with E-state index in [1.165, 1.54) is 0 Å². The quantitative estimate of drug-likeness (QED) is 0.791. The van der Waals surface area contributed by atoms with Crippen molar-refractivity contribution < 1.29 is 13.2 Å². The standard InChI is InChI=1S/C12H17ClO3S/c1-5-16-11-6-9(4)12(17(13,14)15)7-10(11)8(2)3/h6-8H,5H2,1-4H3. The van der Waals surface area contributed by atoms with Gasteiger partial charge in [-0.25, -0.2) is 8.42 Å². The Hall–Kier alpha value is -0.740. The Bertz CT molecular complexity index is 507. The van der Waals surface area contributed by atoms with Crippen LogP contribution in [0, 0.1) is 6.92 Å². The highest BCUT2D eigenvalue weighted by Crippen LogP contribution is 2.32. The van der Waals surface area contributed by atoms with Crippen LogP contribution in [0.5, 0.6) is 5.75 Å². The molecule has 3 nitrogen and oxygen atoms in total. The molecule has 1 aromatic carbocycles. The summed E-state index contributed by atoms with van der Waals surface area (Å²) in [6.45, 7) is 8.12. The van der Waals surface area contributed by atoms with E-state index in [1.54, 1.807) is 19.1 Å². The maximum atomic E-state index is 11.4. The zero-order valence-corrected chi connectivity index (χ0v) is 12.0. The predicted octanol–water partition coefficient (Wildman–Crippen LogP) is 3.44. The Morgan fingerprint density at radius 3 is 2.35 bits per heavy atom. The smallest absolute Gasteiger partial charge is 0.261 e. The largest absolute Gasteiger partial charge is 0.494 e. The van der Waals surface area contributed by atoms with Crippen LogP contribution >= 0.6 is 10.7 Å². The van der Waals surface area contributed by atoms with E-state index in [1.807, 2.05) is 20.8 Å². The van der Waals surface area contributed by atoms with Crippen LogP contribution < -0.4 is 4.74 Å². The maximum absolute atomic E-state index is 11.4. The first-order chi connectivity index (χ1) is 7.77. The van der Waals surface area contributed by atoms with E-state index in [-0.39, 0.29) is 10.8 Å². The molecule has 0 saturated carbocycles. The van der Waals surface area contributed by atoms with Crippen molar-refractivity contribution in [3.63, 3.8) is 0 Å². The van der Waals surface area contributed by atoms with E-state index in [9.17, 15) is 8.42 Å². The summed E-state index contributed by atoms with van der Waals surface area (Å²) in [5.74, 6) is 0.901. The molecule has 0 amide bonds. The molecule has 0 unspecified atom stereocenters. The van der Waals surface area contributed by atoms with E-state index in [4.69, 9.17) is 15.4 Å². The molecule has 0 aliphatic carbocycles. The van der Waals surface area contributed by atoms with Gasteiger partial charge >= 0.3 is 0 Å². The zero-order chi connectivity index (χ0) is 13.2. The maximum Gasteiger partial charge on any atom is 0.261 e. The molecule has 0 saturated heterocycles. The molecule has 0 aliphatic rings. The molecule has 0 spiro atoms. The molecular weight excluding hydrogens is 260 g/mol. The van der Waals surface area contributed by atoms with Crippen LogP contribution in [0.15, 0.2) is 17.0 Å². The van der Waals surface area contributed by atoms with Gasteiger partial charge < -0.3 is 4.74 Å². The van der Waals surface area contributed by atoms with E-state index in [2.05, 4.69) is 0 Å². The molecule has 0 heterocycles. The minimum atomic E-state index is -3.70. The molecule has 0 fully saturated rings. The zero-order valence-electron chi connectivity index (χ0n) is 10.5. The lowest BCUT2D eigenvalue weighted by Crippen LogP contribution is -2.03. The van der Waals surface area contributed by atoms with Crippen molar-refractivity contribution in [1.82, 2.24) is 0 Å². The first-order valence-electron chi connectivity index (χ1n) is 5.49. The lowest BCUT2D eigenvalue weighted by molar-refractivity contribution is 0.334. The highest BCUT2D eigenvalue weighted by atomic mass is 35.7. The second kappa shape index (κ2) is 5.27. The Kier molecular flexibility index (Phi) is 4.44. The van der Waals surface area contributed by atoms with Crippen LogP contribution in [-0.2, 0) is 9.05 Å². The number of benzene rings is 1. The van der Waals surface area contributed by atoms with Crippen LogP contribution in [-0.4, -0.2) is 15.0 Å². The van der Waals surface area contributed by atoms with Gasteiger partial charge in [-0.2, -0.15) is 0 Å². The van der Waals surface area contributed by atoms with Gasteiger partial charge in [-0.05, 0) is 43.0 Å². The van der Waals surface area contributed by atoms with Crippen LogP contribution in [0.4, 0.5) is 0 Å². The summed E-state index contributed by atoms with van der Waals surface area (Å²) in [4.78, 5) is 0.159. The Morgan fingerprint density at radius 2 is 1.94 bits per heavy atom. The van der Waals surface area contributed by atoms with Crippen molar-refractivity contribution in [2.45, 2.75) is 38.5 Å². The molecular formula is C12H17ClO3S. The Labute approximate surface area is 107 Å². The van der Waals surface area contributed by atoms with Crippen LogP contribution in [0.2, 0.25) is 0 Å². The van der Waals surface area contributed by atoms with Gasteiger partial charge in [-0.1, -0.05) is 13.8 Å². The second-order valence-corrected chi connectivity index (χ2v) is 6.72. The molecule has 0 radical (unpaired) electrons. The molecule has 1 aromatic rings. The van der Waals surface area contributed by atoms with E-state index < -0.39 is 9.05 Å². The minimum Gasteiger partial charge on any atom is -0.494 e. The van der Waals surface area contributed by atoms with Crippen LogP contribution in [0.25, 0.3) is 0 Å². The third-order valence-electron chi connectivity index (χ3n) is 2.49. The first-order valence-corrected chi connectivity index (χ1v) is 7.80.